The number of nitrogens with one attached hydrogen (secondary N) is 2. The van der Waals surface area contributed by atoms with Gasteiger partial charge in [0.2, 0.25) is 10.0 Å². The molecule has 7 heteroatoms. The van der Waals surface area contributed by atoms with E-state index in [2.05, 4.69) is 15.2 Å². The van der Waals surface area contributed by atoms with Crippen molar-refractivity contribution in [1.82, 2.24) is 15.2 Å². The molecule has 0 saturated carbocycles. The Kier molecular flexibility index (Phi) is 3.57. The summed E-state index contributed by atoms with van der Waals surface area (Å²) in [6.45, 7) is 1.07. The molecular formula is C9H15N3O3S. The van der Waals surface area contributed by atoms with Gasteiger partial charge in [0.1, 0.15) is 0 Å². The standard InChI is InChI=1S/C9H15N3O3S/c13-16(14,7-8-2-1-4-10-8)12-6-9-3-5-11-15-9/h3,5,8,10,12H,1-2,4,6-7H2. The lowest BCUT2D eigenvalue weighted by molar-refractivity contribution is 0.380. The smallest absolute Gasteiger partial charge is 0.213 e. The third-order valence-electron chi connectivity index (χ3n) is 2.54. The number of nitrogens with zero attached hydrogens (tertiary/aromatic N) is 1. The quantitative estimate of drug-likeness (QED) is 0.753. The Morgan fingerprint density at radius 2 is 2.50 bits per heavy atom. The maximum absolute atomic E-state index is 11.7. The number of hydrogen-bond donors (Lipinski definition) is 2. The van der Waals surface area contributed by atoms with Gasteiger partial charge in [0.25, 0.3) is 0 Å². The lowest BCUT2D eigenvalue weighted by atomic mass is 10.3. The number of hydrogen-bond acceptors (Lipinski definition) is 5. The number of aromatic nitrogens is 1. The predicted molar refractivity (Wildman–Crippen MR) is 58.2 cm³/mol. The summed E-state index contributed by atoms with van der Waals surface area (Å²) in [5.41, 5.74) is 0. The fourth-order valence-corrected chi connectivity index (χ4v) is 3.03. The Morgan fingerprint density at radius 3 is 3.12 bits per heavy atom. The third kappa shape index (κ3) is 3.29. The van der Waals surface area contributed by atoms with Gasteiger partial charge < -0.3 is 9.84 Å². The molecule has 0 bridgehead atoms. The van der Waals surface area contributed by atoms with Gasteiger partial charge in [0.05, 0.1) is 18.5 Å². The minimum Gasteiger partial charge on any atom is -0.360 e. The van der Waals surface area contributed by atoms with E-state index in [9.17, 15) is 8.42 Å². The van der Waals surface area contributed by atoms with Crippen LogP contribution in [-0.4, -0.2) is 31.9 Å². The Hall–Kier alpha value is -0.920. The van der Waals surface area contributed by atoms with Gasteiger partial charge in [0, 0.05) is 12.1 Å². The zero-order valence-corrected chi connectivity index (χ0v) is 9.66. The molecular weight excluding hydrogens is 230 g/mol. The molecule has 1 aliphatic heterocycles. The molecule has 16 heavy (non-hydrogen) atoms. The minimum absolute atomic E-state index is 0.0761. The number of rotatable bonds is 5. The first-order valence-electron chi connectivity index (χ1n) is 5.26. The van der Waals surface area contributed by atoms with E-state index < -0.39 is 10.0 Å². The molecule has 1 atom stereocenters. The lowest BCUT2D eigenvalue weighted by Crippen LogP contribution is -2.36. The molecule has 2 rings (SSSR count). The predicted octanol–water partition coefficient (Wildman–Crippen LogP) is -0.154. The highest BCUT2D eigenvalue weighted by Crippen LogP contribution is 2.07. The fourth-order valence-electron chi connectivity index (χ4n) is 1.74. The van der Waals surface area contributed by atoms with Crippen molar-refractivity contribution in [3.63, 3.8) is 0 Å². The second-order valence-corrected chi connectivity index (χ2v) is 5.73. The van der Waals surface area contributed by atoms with Crippen LogP contribution in [0.4, 0.5) is 0 Å². The van der Waals surface area contributed by atoms with E-state index in [1.807, 2.05) is 0 Å². The first-order chi connectivity index (χ1) is 7.66. The Bertz CT molecular complexity index is 409. The van der Waals surface area contributed by atoms with Crippen molar-refractivity contribution in [3.8, 4) is 0 Å². The maximum atomic E-state index is 11.7. The average molecular weight is 245 g/mol. The van der Waals surface area contributed by atoms with Gasteiger partial charge in [0.15, 0.2) is 5.76 Å². The molecule has 0 radical (unpaired) electrons. The molecule has 6 nitrogen and oxygen atoms in total. The van der Waals surface area contributed by atoms with Crippen LogP contribution in [0.1, 0.15) is 18.6 Å². The molecule has 0 spiro atoms. The Morgan fingerprint density at radius 1 is 1.62 bits per heavy atom. The highest BCUT2D eigenvalue weighted by Gasteiger charge is 2.21. The molecule has 0 aromatic carbocycles. The summed E-state index contributed by atoms with van der Waals surface area (Å²) < 4.78 is 30.6. The molecule has 1 aromatic rings. The van der Waals surface area contributed by atoms with Gasteiger partial charge in [-0.15, -0.1) is 0 Å². The highest BCUT2D eigenvalue weighted by atomic mass is 32.2. The van der Waals surface area contributed by atoms with Crippen LogP contribution in [0.25, 0.3) is 0 Å². The van der Waals surface area contributed by atoms with E-state index in [0.717, 1.165) is 19.4 Å². The summed E-state index contributed by atoms with van der Waals surface area (Å²) >= 11 is 0. The molecule has 1 aliphatic rings. The van der Waals surface area contributed by atoms with Crippen molar-refractivity contribution >= 4 is 10.0 Å². The zero-order valence-electron chi connectivity index (χ0n) is 8.85. The highest BCUT2D eigenvalue weighted by molar-refractivity contribution is 7.89. The largest absolute Gasteiger partial charge is 0.360 e. The molecule has 2 heterocycles. The molecule has 90 valence electrons. The monoisotopic (exact) mass is 245 g/mol. The van der Waals surface area contributed by atoms with Gasteiger partial charge >= 0.3 is 0 Å². The van der Waals surface area contributed by atoms with Crippen LogP contribution in [-0.2, 0) is 16.6 Å². The van der Waals surface area contributed by atoms with E-state index in [1.165, 1.54) is 6.20 Å². The SMILES string of the molecule is O=S(=O)(CC1CCCN1)NCc1ccno1. The van der Waals surface area contributed by atoms with Crippen LogP contribution in [0.15, 0.2) is 16.8 Å². The summed E-state index contributed by atoms with van der Waals surface area (Å²) in [5.74, 6) is 0.643. The molecule has 1 fully saturated rings. The van der Waals surface area contributed by atoms with E-state index in [-0.39, 0.29) is 18.3 Å². The van der Waals surface area contributed by atoms with Gasteiger partial charge in [-0.3, -0.25) is 0 Å². The van der Waals surface area contributed by atoms with Gasteiger partial charge in [-0.25, -0.2) is 13.1 Å². The molecule has 1 aromatic heterocycles. The molecule has 0 amide bonds. The van der Waals surface area contributed by atoms with Gasteiger partial charge in [-0.1, -0.05) is 5.16 Å². The Balaban J connectivity index is 1.82. The topological polar surface area (TPSA) is 84.2 Å². The van der Waals surface area contributed by atoms with Gasteiger partial charge in [-0.05, 0) is 19.4 Å². The average Bonchev–Trinajstić information content (AvgIpc) is 2.85. The van der Waals surface area contributed by atoms with Gasteiger partial charge in [-0.2, -0.15) is 0 Å². The van der Waals surface area contributed by atoms with E-state index in [1.54, 1.807) is 6.07 Å². The fraction of sp³-hybridized carbons (Fsp3) is 0.667. The van der Waals surface area contributed by atoms with Crippen molar-refractivity contribution < 1.29 is 12.9 Å². The first-order valence-corrected chi connectivity index (χ1v) is 6.91. The van der Waals surface area contributed by atoms with Crippen LogP contribution in [0.2, 0.25) is 0 Å². The summed E-state index contributed by atoms with van der Waals surface area (Å²) in [7, 11) is -3.24. The number of sulfonamides is 1. The van der Waals surface area contributed by atoms with Crippen LogP contribution in [0.5, 0.6) is 0 Å². The summed E-state index contributed by atoms with van der Waals surface area (Å²) in [6.07, 6.45) is 3.45. The molecule has 2 N–H and O–H groups in total. The van der Waals surface area contributed by atoms with Crippen LogP contribution in [0, 0.1) is 0 Å². The Labute approximate surface area is 94.4 Å². The normalized spacial score (nSPS) is 21.4. The summed E-state index contributed by atoms with van der Waals surface area (Å²) in [6, 6.07) is 1.71. The third-order valence-corrected chi connectivity index (χ3v) is 3.97. The lowest BCUT2D eigenvalue weighted by Gasteiger charge is -2.10. The van der Waals surface area contributed by atoms with Crippen molar-refractivity contribution in [3.05, 3.63) is 18.0 Å². The summed E-state index contributed by atoms with van der Waals surface area (Å²) in [5, 5.41) is 6.65. The second kappa shape index (κ2) is 4.94. The first kappa shape index (κ1) is 11.6. The summed E-state index contributed by atoms with van der Waals surface area (Å²) in [4.78, 5) is 0. The van der Waals surface area contributed by atoms with E-state index in [0.29, 0.717) is 5.76 Å². The zero-order chi connectivity index (χ0) is 11.4. The maximum Gasteiger partial charge on any atom is 0.213 e. The molecule has 0 aliphatic carbocycles. The van der Waals surface area contributed by atoms with Crippen LogP contribution >= 0.6 is 0 Å². The van der Waals surface area contributed by atoms with Crippen molar-refractivity contribution in [2.45, 2.75) is 25.4 Å². The molecule has 1 saturated heterocycles. The minimum atomic E-state index is -3.24. The van der Waals surface area contributed by atoms with Crippen LogP contribution < -0.4 is 10.0 Å². The van der Waals surface area contributed by atoms with Crippen molar-refractivity contribution in [2.24, 2.45) is 0 Å². The molecule has 1 unspecified atom stereocenters. The van der Waals surface area contributed by atoms with E-state index >= 15 is 0 Å². The van der Waals surface area contributed by atoms with Crippen molar-refractivity contribution in [1.29, 1.82) is 0 Å². The van der Waals surface area contributed by atoms with Crippen LogP contribution in [0.3, 0.4) is 0 Å². The van der Waals surface area contributed by atoms with Crippen molar-refractivity contribution in [2.75, 3.05) is 12.3 Å². The second-order valence-electron chi connectivity index (χ2n) is 3.87. The van der Waals surface area contributed by atoms with E-state index in [4.69, 9.17) is 4.52 Å².